The first-order valence-electron chi connectivity index (χ1n) is 3.29. The molecule has 5 heteroatoms. The van der Waals surface area contributed by atoms with Gasteiger partial charge in [-0.25, -0.2) is 0 Å². The first kappa shape index (κ1) is 8.19. The normalized spacial score (nSPS) is 16.2. The summed E-state index contributed by atoms with van der Waals surface area (Å²) < 4.78 is 0. The average molecular weight is 166 g/mol. The molecule has 0 aliphatic carbocycles. The van der Waals surface area contributed by atoms with Gasteiger partial charge in [0.15, 0.2) is 0 Å². The van der Waals surface area contributed by atoms with Gasteiger partial charge in [0.1, 0.15) is 5.70 Å². The van der Waals surface area contributed by atoms with Crippen LogP contribution in [0, 0.1) is 0 Å². The van der Waals surface area contributed by atoms with Crippen molar-refractivity contribution in [2.45, 2.75) is 0 Å². The van der Waals surface area contributed by atoms with Crippen molar-refractivity contribution in [3.63, 3.8) is 0 Å². The maximum Gasteiger partial charge on any atom is 0.246 e. The van der Waals surface area contributed by atoms with E-state index in [2.05, 4.69) is 17.1 Å². The van der Waals surface area contributed by atoms with Gasteiger partial charge < -0.3 is 21.6 Å². The van der Waals surface area contributed by atoms with Gasteiger partial charge in [-0.3, -0.25) is 0 Å². The second kappa shape index (κ2) is 3.47. The third-order valence-electron chi connectivity index (χ3n) is 1.25. The van der Waals surface area contributed by atoms with Crippen LogP contribution in [0.3, 0.4) is 0 Å². The van der Waals surface area contributed by atoms with E-state index < -0.39 is 0 Å². The quantitative estimate of drug-likeness (QED) is 0.526. The molecular weight excluding hydrogens is 156 g/mol. The largest absolute Gasteiger partial charge is 0.397 e. The number of oxime groups is 1. The number of nitrogens with one attached hydrogen (secondary N) is 1. The van der Waals surface area contributed by atoms with Crippen molar-refractivity contribution in [1.29, 1.82) is 0 Å². The molecule has 0 aromatic rings. The Balaban J connectivity index is 2.96. The van der Waals surface area contributed by atoms with E-state index in [0.717, 1.165) is 0 Å². The van der Waals surface area contributed by atoms with E-state index in [0.29, 0.717) is 11.4 Å². The molecule has 0 saturated heterocycles. The fourth-order valence-corrected chi connectivity index (χ4v) is 0.726. The van der Waals surface area contributed by atoms with Crippen LogP contribution in [0.25, 0.3) is 0 Å². The molecule has 0 radical (unpaired) electrons. The molecule has 1 heterocycles. The number of rotatable bonds is 2. The zero-order valence-corrected chi connectivity index (χ0v) is 6.45. The molecule has 0 aromatic heterocycles. The minimum atomic E-state index is 0.123. The summed E-state index contributed by atoms with van der Waals surface area (Å²) in [6.45, 7) is 3.47. The fraction of sp³-hybridized carbons (Fsp3) is 0. The monoisotopic (exact) mass is 166 g/mol. The maximum atomic E-state index is 5.60. The molecule has 5 nitrogen and oxygen atoms in total. The van der Waals surface area contributed by atoms with Gasteiger partial charge in [-0.05, 0) is 12.3 Å². The molecule has 1 rings (SSSR count). The van der Waals surface area contributed by atoms with E-state index >= 15 is 0 Å². The second-order valence-electron chi connectivity index (χ2n) is 2.06. The zero-order valence-electron chi connectivity index (χ0n) is 6.45. The molecule has 0 atom stereocenters. The van der Waals surface area contributed by atoms with Crippen molar-refractivity contribution in [2.75, 3.05) is 0 Å². The molecule has 12 heavy (non-hydrogen) atoms. The van der Waals surface area contributed by atoms with Gasteiger partial charge in [-0.15, -0.1) is 0 Å². The highest BCUT2D eigenvalue weighted by Gasteiger charge is 2.08. The van der Waals surface area contributed by atoms with Crippen LogP contribution in [-0.2, 0) is 4.84 Å². The van der Waals surface area contributed by atoms with Gasteiger partial charge in [0.25, 0.3) is 0 Å². The molecule has 1 aliphatic heterocycles. The van der Waals surface area contributed by atoms with Crippen LogP contribution >= 0.6 is 0 Å². The van der Waals surface area contributed by atoms with E-state index in [9.17, 15) is 0 Å². The van der Waals surface area contributed by atoms with Crippen LogP contribution in [0.4, 0.5) is 0 Å². The van der Waals surface area contributed by atoms with Gasteiger partial charge >= 0.3 is 0 Å². The molecule has 0 fully saturated rings. The SMILES string of the molecule is C=CNC1=C(N)ON=CC=C1N. The summed E-state index contributed by atoms with van der Waals surface area (Å²) >= 11 is 0. The summed E-state index contributed by atoms with van der Waals surface area (Å²) in [5.74, 6) is 0.123. The first-order chi connectivity index (χ1) is 5.75. The van der Waals surface area contributed by atoms with E-state index in [-0.39, 0.29) is 5.88 Å². The number of hydrogen-bond acceptors (Lipinski definition) is 5. The first-order valence-corrected chi connectivity index (χ1v) is 3.29. The lowest BCUT2D eigenvalue weighted by atomic mass is 10.3. The Morgan fingerprint density at radius 1 is 1.58 bits per heavy atom. The molecule has 0 amide bonds. The molecule has 1 aliphatic rings. The lowest BCUT2D eigenvalue weighted by Crippen LogP contribution is -2.19. The van der Waals surface area contributed by atoms with Crippen molar-refractivity contribution in [1.82, 2.24) is 5.32 Å². The van der Waals surface area contributed by atoms with Crippen molar-refractivity contribution in [3.8, 4) is 0 Å². The molecule has 0 spiro atoms. The van der Waals surface area contributed by atoms with Gasteiger partial charge in [0, 0.05) is 0 Å². The van der Waals surface area contributed by atoms with E-state index in [4.69, 9.17) is 16.3 Å². The number of nitrogens with two attached hydrogens (primary N) is 2. The smallest absolute Gasteiger partial charge is 0.246 e. The lowest BCUT2D eigenvalue weighted by molar-refractivity contribution is 0.222. The van der Waals surface area contributed by atoms with Gasteiger partial charge in [0.05, 0.1) is 11.9 Å². The van der Waals surface area contributed by atoms with Crippen LogP contribution in [0.15, 0.2) is 41.3 Å². The highest BCUT2D eigenvalue weighted by molar-refractivity contribution is 5.73. The third kappa shape index (κ3) is 1.57. The Morgan fingerprint density at radius 2 is 2.33 bits per heavy atom. The molecule has 5 N–H and O–H groups in total. The van der Waals surface area contributed by atoms with Crippen LogP contribution in [0.5, 0.6) is 0 Å². The topological polar surface area (TPSA) is 85.7 Å². The van der Waals surface area contributed by atoms with Crippen molar-refractivity contribution < 1.29 is 4.84 Å². The predicted molar refractivity (Wildman–Crippen MR) is 46.4 cm³/mol. The second-order valence-corrected chi connectivity index (χ2v) is 2.06. The Morgan fingerprint density at radius 3 is 3.00 bits per heavy atom. The molecule has 0 bridgehead atoms. The summed E-state index contributed by atoms with van der Waals surface area (Å²) in [5, 5.41) is 6.24. The summed E-state index contributed by atoms with van der Waals surface area (Å²) in [4.78, 5) is 4.72. The summed E-state index contributed by atoms with van der Waals surface area (Å²) in [7, 11) is 0. The predicted octanol–water partition coefficient (Wildman–Crippen LogP) is -0.294. The minimum absolute atomic E-state index is 0.123. The Hall–Kier alpha value is -1.91. The fourth-order valence-electron chi connectivity index (χ4n) is 0.726. The molecule has 0 aromatic carbocycles. The van der Waals surface area contributed by atoms with Gasteiger partial charge in [0.2, 0.25) is 5.88 Å². The highest BCUT2D eigenvalue weighted by Crippen LogP contribution is 2.07. The minimum Gasteiger partial charge on any atom is -0.397 e. The van der Waals surface area contributed by atoms with Crippen molar-refractivity contribution >= 4 is 6.21 Å². The summed E-state index contributed by atoms with van der Waals surface area (Å²) in [6.07, 6.45) is 4.45. The van der Waals surface area contributed by atoms with Gasteiger partial charge in [-0.2, -0.15) is 0 Å². The van der Waals surface area contributed by atoms with E-state index in [1.807, 2.05) is 0 Å². The van der Waals surface area contributed by atoms with Crippen molar-refractivity contribution in [3.05, 3.63) is 36.1 Å². The van der Waals surface area contributed by atoms with Gasteiger partial charge in [-0.1, -0.05) is 11.7 Å². The molecule has 0 saturated carbocycles. The van der Waals surface area contributed by atoms with E-state index in [1.54, 1.807) is 6.08 Å². The number of hydrogen-bond donors (Lipinski definition) is 3. The molecule has 64 valence electrons. The van der Waals surface area contributed by atoms with Crippen LogP contribution in [0.2, 0.25) is 0 Å². The number of allylic oxidation sites excluding steroid dienone is 1. The van der Waals surface area contributed by atoms with Crippen LogP contribution < -0.4 is 16.8 Å². The summed E-state index contributed by atoms with van der Waals surface area (Å²) in [5.41, 5.74) is 12.0. The van der Waals surface area contributed by atoms with Crippen molar-refractivity contribution in [2.24, 2.45) is 16.6 Å². The zero-order chi connectivity index (χ0) is 8.97. The highest BCUT2D eigenvalue weighted by atomic mass is 16.6. The standard InChI is InChI=1S/C7H10N4O/c1-2-10-6-5(8)3-4-11-12-7(6)9/h2-4,10H,1,8-9H2. The maximum absolute atomic E-state index is 5.60. The molecular formula is C7H10N4O. The Kier molecular flexibility index (Phi) is 2.37. The average Bonchev–Trinajstić information content (AvgIpc) is 2.19. The van der Waals surface area contributed by atoms with Crippen LogP contribution in [0.1, 0.15) is 0 Å². The lowest BCUT2D eigenvalue weighted by Gasteiger charge is -2.07. The Labute approximate surface area is 70.0 Å². The van der Waals surface area contributed by atoms with E-state index in [1.165, 1.54) is 12.4 Å². The third-order valence-corrected chi connectivity index (χ3v) is 1.25. The Bertz CT molecular complexity index is 277. The number of nitrogens with zero attached hydrogens (tertiary/aromatic N) is 1. The molecule has 0 unspecified atom stereocenters. The van der Waals surface area contributed by atoms with Crippen LogP contribution in [-0.4, -0.2) is 6.21 Å². The summed E-state index contributed by atoms with van der Waals surface area (Å²) in [6, 6.07) is 0.